The van der Waals surface area contributed by atoms with E-state index in [-0.39, 0.29) is 5.41 Å². The van der Waals surface area contributed by atoms with Crippen molar-refractivity contribution in [1.29, 1.82) is 0 Å². The molecule has 2 aromatic rings. The van der Waals surface area contributed by atoms with Crippen LogP contribution in [0.2, 0.25) is 0 Å². The maximum atomic E-state index is 11.4. The predicted octanol–water partition coefficient (Wildman–Crippen LogP) is 4.04. The molecule has 1 aliphatic rings. The van der Waals surface area contributed by atoms with E-state index in [9.17, 15) is 14.7 Å². The Labute approximate surface area is 181 Å². The van der Waals surface area contributed by atoms with Crippen molar-refractivity contribution in [2.24, 2.45) is 11.3 Å². The molecule has 0 saturated carbocycles. The quantitative estimate of drug-likeness (QED) is 0.684. The first-order valence-electron chi connectivity index (χ1n) is 10.1. The monoisotopic (exact) mass is 428 g/mol. The number of rotatable bonds is 7. The van der Waals surface area contributed by atoms with Crippen LogP contribution in [0.15, 0.2) is 30.5 Å². The summed E-state index contributed by atoms with van der Waals surface area (Å²) in [5.41, 5.74) is 2.07. The lowest BCUT2D eigenvalue weighted by Crippen LogP contribution is -2.61. The Morgan fingerprint density at radius 2 is 2.03 bits per heavy atom. The molecule has 1 aliphatic heterocycles. The number of aryl methyl sites for hydroxylation is 1. The van der Waals surface area contributed by atoms with Crippen LogP contribution >= 0.6 is 0 Å². The Bertz CT molecular complexity index is 957. The molecular weight excluding hydrogens is 400 g/mol. The maximum Gasteiger partial charge on any atom is 0.412 e. The molecule has 166 valence electrons. The fourth-order valence-corrected chi connectivity index (χ4v) is 3.95. The van der Waals surface area contributed by atoms with Gasteiger partial charge in [-0.3, -0.25) is 5.32 Å². The van der Waals surface area contributed by atoms with Crippen LogP contribution in [0.5, 0.6) is 5.75 Å². The summed E-state index contributed by atoms with van der Waals surface area (Å²) in [4.78, 5) is 32.7. The van der Waals surface area contributed by atoms with Crippen LogP contribution in [0.4, 0.5) is 15.4 Å². The number of anilines is 1. The molecule has 2 aromatic heterocycles. The van der Waals surface area contributed by atoms with Crippen molar-refractivity contribution in [3.63, 3.8) is 0 Å². The van der Waals surface area contributed by atoms with Gasteiger partial charge in [0, 0.05) is 30.3 Å². The molecule has 0 aromatic carbocycles. The fourth-order valence-electron chi connectivity index (χ4n) is 3.95. The smallest absolute Gasteiger partial charge is 0.412 e. The molecule has 2 amide bonds. The van der Waals surface area contributed by atoms with Gasteiger partial charge in [-0.25, -0.2) is 19.6 Å². The number of pyridine rings is 2. The van der Waals surface area contributed by atoms with Gasteiger partial charge in [0.05, 0.1) is 25.1 Å². The first-order chi connectivity index (χ1) is 14.7. The molecule has 1 saturated heterocycles. The van der Waals surface area contributed by atoms with E-state index in [2.05, 4.69) is 33.9 Å². The van der Waals surface area contributed by atoms with E-state index in [4.69, 9.17) is 4.74 Å². The number of hydrogen-bond donors (Lipinski definition) is 2. The van der Waals surface area contributed by atoms with Crippen molar-refractivity contribution in [2.75, 3.05) is 32.1 Å². The summed E-state index contributed by atoms with van der Waals surface area (Å²) in [5, 5.41) is 11.7. The van der Waals surface area contributed by atoms with Crippen molar-refractivity contribution in [2.45, 2.75) is 27.2 Å². The summed E-state index contributed by atoms with van der Waals surface area (Å²) >= 11 is 0. The second-order valence-electron chi connectivity index (χ2n) is 8.35. The summed E-state index contributed by atoms with van der Waals surface area (Å²) in [5.74, 6) is 1.48. The lowest BCUT2D eigenvalue weighted by atomic mass is 9.74. The number of ether oxygens (including phenoxy) is 2. The highest BCUT2D eigenvalue weighted by molar-refractivity contribution is 5.84. The van der Waals surface area contributed by atoms with Crippen molar-refractivity contribution in [1.82, 2.24) is 14.9 Å². The number of aromatic nitrogens is 2. The average Bonchev–Trinajstić information content (AvgIpc) is 2.69. The number of hydrogen-bond acceptors (Lipinski definition) is 6. The second kappa shape index (κ2) is 9.20. The van der Waals surface area contributed by atoms with E-state index in [1.54, 1.807) is 18.3 Å². The molecule has 3 rings (SSSR count). The molecule has 1 fully saturated rings. The van der Waals surface area contributed by atoms with Crippen molar-refractivity contribution in [3.8, 4) is 17.0 Å². The summed E-state index contributed by atoms with van der Waals surface area (Å²) in [6.07, 6.45) is 1.00. The van der Waals surface area contributed by atoms with Crippen molar-refractivity contribution >= 4 is 18.0 Å². The molecule has 0 bridgehead atoms. The number of methoxy groups -OCH3 is 1. The van der Waals surface area contributed by atoms with Crippen LogP contribution in [0.1, 0.15) is 26.0 Å². The number of nitrogens with zero attached hydrogens (tertiary/aromatic N) is 3. The number of nitrogens with one attached hydrogen (secondary N) is 1. The molecule has 9 heteroatoms. The Balaban J connectivity index is 1.70. The highest BCUT2D eigenvalue weighted by Crippen LogP contribution is 2.38. The normalized spacial score (nSPS) is 14.7. The molecule has 0 aliphatic carbocycles. The number of amides is 2. The topological polar surface area (TPSA) is 114 Å². The number of carbonyl (C=O) groups is 2. The predicted molar refractivity (Wildman–Crippen MR) is 115 cm³/mol. The highest BCUT2D eigenvalue weighted by atomic mass is 16.5. The Kier molecular flexibility index (Phi) is 6.62. The largest absolute Gasteiger partial charge is 0.491 e. The van der Waals surface area contributed by atoms with Gasteiger partial charge in [-0.1, -0.05) is 13.8 Å². The zero-order chi connectivity index (χ0) is 22.6. The molecule has 3 heterocycles. The first kappa shape index (κ1) is 22.3. The fraction of sp³-hybridized carbons (Fsp3) is 0.455. The van der Waals surface area contributed by atoms with Gasteiger partial charge in [0.15, 0.2) is 0 Å². The van der Waals surface area contributed by atoms with Crippen LogP contribution in [-0.2, 0) is 4.74 Å². The standard InChI is InChI=1S/C22H28N4O5/c1-14(2)10-22(11-26(12-22)21(28)29)13-31-18-6-5-17(24-15(18)3)16-7-8-23-19(9-16)25-20(27)30-4/h5-9,14H,10-13H2,1-4H3,(H,28,29)(H,23,25,27). The van der Waals surface area contributed by atoms with Crippen molar-refractivity contribution < 1.29 is 24.2 Å². The molecule has 31 heavy (non-hydrogen) atoms. The van der Waals surface area contributed by atoms with Crippen LogP contribution in [0.25, 0.3) is 11.3 Å². The van der Waals surface area contributed by atoms with Crippen LogP contribution in [-0.4, -0.2) is 59.0 Å². The van der Waals surface area contributed by atoms with Gasteiger partial charge in [-0.15, -0.1) is 0 Å². The van der Waals surface area contributed by atoms with Gasteiger partial charge in [-0.05, 0) is 43.5 Å². The third-order valence-corrected chi connectivity index (χ3v) is 5.21. The summed E-state index contributed by atoms with van der Waals surface area (Å²) in [7, 11) is 1.29. The molecule has 9 nitrogen and oxygen atoms in total. The summed E-state index contributed by atoms with van der Waals surface area (Å²) in [6.45, 7) is 7.54. The third kappa shape index (κ3) is 5.42. The lowest BCUT2D eigenvalue weighted by Gasteiger charge is -2.49. The van der Waals surface area contributed by atoms with Gasteiger partial charge in [0.2, 0.25) is 0 Å². The number of carboxylic acid groups (broad SMARTS) is 1. The highest BCUT2D eigenvalue weighted by Gasteiger charge is 2.46. The Morgan fingerprint density at radius 1 is 1.29 bits per heavy atom. The van der Waals surface area contributed by atoms with E-state index in [1.165, 1.54) is 12.0 Å². The van der Waals surface area contributed by atoms with E-state index < -0.39 is 12.2 Å². The van der Waals surface area contributed by atoms with Crippen LogP contribution < -0.4 is 10.1 Å². The van der Waals surface area contributed by atoms with E-state index in [0.717, 1.165) is 23.4 Å². The lowest BCUT2D eigenvalue weighted by molar-refractivity contribution is -0.0346. The van der Waals surface area contributed by atoms with Gasteiger partial charge in [0.25, 0.3) is 0 Å². The number of likely N-dealkylation sites (tertiary alicyclic amines) is 1. The van der Waals surface area contributed by atoms with Crippen LogP contribution in [0, 0.1) is 18.3 Å². The molecule has 2 N–H and O–H groups in total. The summed E-state index contributed by atoms with van der Waals surface area (Å²) < 4.78 is 10.7. The third-order valence-electron chi connectivity index (χ3n) is 5.21. The molecule has 0 spiro atoms. The van der Waals surface area contributed by atoms with Gasteiger partial charge < -0.3 is 19.5 Å². The SMILES string of the molecule is COC(=O)Nc1cc(-c2ccc(OCC3(CC(C)C)CN(C(=O)O)C3)c(C)n2)ccn1. The maximum absolute atomic E-state index is 11.4. The Hall–Kier alpha value is -3.36. The molecule has 0 atom stereocenters. The zero-order valence-electron chi connectivity index (χ0n) is 18.2. The van der Waals surface area contributed by atoms with E-state index in [1.807, 2.05) is 19.1 Å². The number of carbonyl (C=O) groups excluding carboxylic acids is 1. The minimum atomic E-state index is -0.889. The average molecular weight is 428 g/mol. The summed E-state index contributed by atoms with van der Waals surface area (Å²) in [6, 6.07) is 7.23. The molecule has 0 unspecified atom stereocenters. The zero-order valence-corrected chi connectivity index (χ0v) is 18.2. The van der Waals surface area contributed by atoms with Gasteiger partial charge in [0.1, 0.15) is 11.6 Å². The minimum absolute atomic E-state index is 0.169. The van der Waals surface area contributed by atoms with E-state index in [0.29, 0.717) is 37.2 Å². The molecular formula is C22H28N4O5. The van der Waals surface area contributed by atoms with Gasteiger partial charge >= 0.3 is 12.2 Å². The Morgan fingerprint density at radius 3 is 2.65 bits per heavy atom. The van der Waals surface area contributed by atoms with Crippen molar-refractivity contribution in [3.05, 3.63) is 36.2 Å². The molecule has 0 radical (unpaired) electrons. The van der Waals surface area contributed by atoms with Crippen LogP contribution in [0.3, 0.4) is 0 Å². The second-order valence-corrected chi connectivity index (χ2v) is 8.35. The van der Waals surface area contributed by atoms with Gasteiger partial charge in [-0.2, -0.15) is 0 Å². The first-order valence-corrected chi connectivity index (χ1v) is 10.1. The minimum Gasteiger partial charge on any atom is -0.491 e. The van der Waals surface area contributed by atoms with E-state index >= 15 is 0 Å².